The minimum absolute atomic E-state index is 0.0389. The van der Waals surface area contributed by atoms with Crippen LogP contribution >= 0.6 is 11.6 Å². The van der Waals surface area contributed by atoms with Crippen LogP contribution in [-0.4, -0.2) is 29.8 Å². The van der Waals surface area contributed by atoms with E-state index in [2.05, 4.69) is 5.32 Å². The molecular formula is C20H21ClN2O2. The maximum atomic E-state index is 12.5. The zero-order valence-electron chi connectivity index (χ0n) is 14.2. The van der Waals surface area contributed by atoms with Gasteiger partial charge in [0.1, 0.15) is 0 Å². The number of benzene rings is 2. The molecule has 0 atom stereocenters. The Labute approximate surface area is 152 Å². The zero-order chi connectivity index (χ0) is 17.8. The van der Waals surface area contributed by atoms with Crippen molar-refractivity contribution >= 4 is 29.1 Å². The number of amides is 2. The van der Waals surface area contributed by atoms with Crippen LogP contribution in [0.2, 0.25) is 5.02 Å². The quantitative estimate of drug-likeness (QED) is 0.878. The molecule has 1 fully saturated rings. The van der Waals surface area contributed by atoms with Gasteiger partial charge in [0.05, 0.1) is 0 Å². The van der Waals surface area contributed by atoms with Gasteiger partial charge >= 0.3 is 0 Å². The molecule has 25 heavy (non-hydrogen) atoms. The number of hydrogen-bond donors (Lipinski definition) is 1. The Balaban J connectivity index is 1.67. The standard InChI is InChI=1S/C20H21ClN2O2/c1-14-5-10-17(13-18(14)21)22-19(24)15-6-8-16(9-7-15)20(25)23-11-3-2-4-12-23/h5-10,13H,2-4,11-12H2,1H3,(H,22,24). The van der Waals surface area contributed by atoms with E-state index in [1.165, 1.54) is 6.42 Å². The first-order valence-electron chi connectivity index (χ1n) is 8.51. The summed E-state index contributed by atoms with van der Waals surface area (Å²) in [5, 5.41) is 3.43. The lowest BCUT2D eigenvalue weighted by Crippen LogP contribution is -2.35. The Kier molecular flexibility index (Phi) is 5.39. The van der Waals surface area contributed by atoms with Gasteiger partial charge in [-0.25, -0.2) is 0 Å². The fourth-order valence-corrected chi connectivity index (χ4v) is 3.10. The molecule has 1 N–H and O–H groups in total. The molecule has 4 nitrogen and oxygen atoms in total. The van der Waals surface area contributed by atoms with Crippen molar-refractivity contribution in [3.05, 3.63) is 64.2 Å². The van der Waals surface area contributed by atoms with Crippen molar-refractivity contribution in [1.82, 2.24) is 4.90 Å². The molecule has 1 aliphatic rings. The number of aryl methyl sites for hydroxylation is 1. The van der Waals surface area contributed by atoms with Gasteiger partial charge in [-0.3, -0.25) is 9.59 Å². The molecule has 0 saturated carbocycles. The second-order valence-electron chi connectivity index (χ2n) is 6.35. The smallest absolute Gasteiger partial charge is 0.255 e. The summed E-state index contributed by atoms with van der Waals surface area (Å²) in [5.41, 5.74) is 2.73. The molecule has 1 heterocycles. The van der Waals surface area contributed by atoms with Crippen LogP contribution in [-0.2, 0) is 0 Å². The minimum atomic E-state index is -0.225. The summed E-state index contributed by atoms with van der Waals surface area (Å²) < 4.78 is 0. The molecule has 5 heteroatoms. The summed E-state index contributed by atoms with van der Waals surface area (Å²) in [6.45, 7) is 3.54. The predicted octanol–water partition coefficient (Wildman–Crippen LogP) is 4.53. The largest absolute Gasteiger partial charge is 0.339 e. The molecule has 0 spiro atoms. The van der Waals surface area contributed by atoms with Gasteiger partial charge in [-0.1, -0.05) is 17.7 Å². The van der Waals surface area contributed by atoms with Crippen molar-refractivity contribution in [2.45, 2.75) is 26.2 Å². The van der Waals surface area contributed by atoms with Crippen molar-refractivity contribution in [3.63, 3.8) is 0 Å². The van der Waals surface area contributed by atoms with Crippen LogP contribution in [0.4, 0.5) is 5.69 Å². The molecule has 0 aromatic heterocycles. The van der Waals surface area contributed by atoms with Gasteiger partial charge in [0, 0.05) is 34.9 Å². The van der Waals surface area contributed by atoms with Crippen LogP contribution in [0, 0.1) is 6.92 Å². The molecule has 2 amide bonds. The summed E-state index contributed by atoms with van der Waals surface area (Å²) >= 11 is 6.08. The number of rotatable bonds is 3. The Morgan fingerprint density at radius 3 is 2.24 bits per heavy atom. The maximum absolute atomic E-state index is 12.5. The van der Waals surface area contributed by atoms with Crippen molar-refractivity contribution < 1.29 is 9.59 Å². The number of anilines is 1. The van der Waals surface area contributed by atoms with Crippen LogP contribution < -0.4 is 5.32 Å². The molecule has 0 aliphatic carbocycles. The minimum Gasteiger partial charge on any atom is -0.339 e. The van der Waals surface area contributed by atoms with E-state index in [0.29, 0.717) is 21.8 Å². The molecule has 1 saturated heterocycles. The summed E-state index contributed by atoms with van der Waals surface area (Å²) in [6.07, 6.45) is 3.31. The molecule has 0 radical (unpaired) electrons. The fourth-order valence-electron chi connectivity index (χ4n) is 2.92. The van der Waals surface area contributed by atoms with Crippen molar-refractivity contribution in [3.8, 4) is 0 Å². The SMILES string of the molecule is Cc1ccc(NC(=O)c2ccc(C(=O)N3CCCCC3)cc2)cc1Cl. The van der Waals surface area contributed by atoms with E-state index in [-0.39, 0.29) is 11.8 Å². The Hall–Kier alpha value is -2.33. The van der Waals surface area contributed by atoms with Gasteiger partial charge in [-0.05, 0) is 68.1 Å². The van der Waals surface area contributed by atoms with Crippen LogP contribution in [0.15, 0.2) is 42.5 Å². The van der Waals surface area contributed by atoms with E-state index >= 15 is 0 Å². The summed E-state index contributed by atoms with van der Waals surface area (Å²) in [7, 11) is 0. The normalized spacial score (nSPS) is 14.2. The Morgan fingerprint density at radius 2 is 1.60 bits per heavy atom. The van der Waals surface area contributed by atoms with Crippen LogP contribution in [0.3, 0.4) is 0 Å². The highest BCUT2D eigenvalue weighted by atomic mass is 35.5. The topological polar surface area (TPSA) is 49.4 Å². The van der Waals surface area contributed by atoms with Crippen molar-refractivity contribution in [2.75, 3.05) is 18.4 Å². The molecule has 2 aromatic rings. The second kappa shape index (κ2) is 7.70. The summed E-state index contributed by atoms with van der Waals surface area (Å²) in [4.78, 5) is 26.7. The average Bonchev–Trinajstić information content (AvgIpc) is 2.65. The van der Waals surface area contributed by atoms with Crippen LogP contribution in [0.25, 0.3) is 0 Å². The maximum Gasteiger partial charge on any atom is 0.255 e. The molecule has 3 rings (SSSR count). The van der Waals surface area contributed by atoms with Gasteiger partial charge in [0.15, 0.2) is 0 Å². The Bertz CT molecular complexity index is 781. The highest BCUT2D eigenvalue weighted by molar-refractivity contribution is 6.31. The number of nitrogens with one attached hydrogen (secondary N) is 1. The van der Waals surface area contributed by atoms with E-state index in [9.17, 15) is 9.59 Å². The average molecular weight is 357 g/mol. The van der Waals surface area contributed by atoms with E-state index in [4.69, 9.17) is 11.6 Å². The van der Waals surface area contributed by atoms with E-state index in [1.54, 1.807) is 30.3 Å². The Morgan fingerprint density at radius 1 is 0.960 bits per heavy atom. The fraction of sp³-hybridized carbons (Fsp3) is 0.300. The molecular weight excluding hydrogens is 336 g/mol. The van der Waals surface area contributed by atoms with Gasteiger partial charge in [0.2, 0.25) is 0 Å². The van der Waals surface area contributed by atoms with Crippen LogP contribution in [0.1, 0.15) is 45.5 Å². The second-order valence-corrected chi connectivity index (χ2v) is 6.76. The molecule has 130 valence electrons. The van der Waals surface area contributed by atoms with Crippen molar-refractivity contribution in [1.29, 1.82) is 0 Å². The number of carbonyl (C=O) groups excluding carboxylic acids is 2. The van der Waals surface area contributed by atoms with E-state index in [0.717, 1.165) is 31.5 Å². The lowest BCUT2D eigenvalue weighted by molar-refractivity contribution is 0.0724. The van der Waals surface area contributed by atoms with Gasteiger partial charge in [-0.15, -0.1) is 0 Å². The summed E-state index contributed by atoms with van der Waals surface area (Å²) in [5.74, 6) is -0.186. The first kappa shape index (κ1) is 17.5. The number of piperidine rings is 1. The highest BCUT2D eigenvalue weighted by Gasteiger charge is 2.18. The monoisotopic (exact) mass is 356 g/mol. The van der Waals surface area contributed by atoms with Gasteiger partial charge in [-0.2, -0.15) is 0 Å². The first-order valence-corrected chi connectivity index (χ1v) is 8.89. The third-order valence-corrected chi connectivity index (χ3v) is 4.87. The van der Waals surface area contributed by atoms with Crippen LogP contribution in [0.5, 0.6) is 0 Å². The first-order chi connectivity index (χ1) is 12.0. The summed E-state index contributed by atoms with van der Waals surface area (Å²) in [6, 6.07) is 12.2. The number of likely N-dealkylation sites (tertiary alicyclic amines) is 1. The predicted molar refractivity (Wildman–Crippen MR) is 100 cm³/mol. The van der Waals surface area contributed by atoms with Crippen molar-refractivity contribution in [2.24, 2.45) is 0 Å². The number of hydrogen-bond acceptors (Lipinski definition) is 2. The molecule has 0 unspecified atom stereocenters. The zero-order valence-corrected chi connectivity index (χ0v) is 15.0. The molecule has 0 bridgehead atoms. The number of carbonyl (C=O) groups is 2. The van der Waals surface area contributed by atoms with E-state index in [1.807, 2.05) is 24.0 Å². The lowest BCUT2D eigenvalue weighted by Gasteiger charge is -2.26. The third kappa shape index (κ3) is 4.20. The highest BCUT2D eigenvalue weighted by Crippen LogP contribution is 2.21. The molecule has 2 aromatic carbocycles. The van der Waals surface area contributed by atoms with Gasteiger partial charge in [0.25, 0.3) is 11.8 Å². The number of halogens is 1. The number of nitrogens with zero attached hydrogens (tertiary/aromatic N) is 1. The molecule has 1 aliphatic heterocycles. The third-order valence-electron chi connectivity index (χ3n) is 4.47. The lowest BCUT2D eigenvalue weighted by atomic mass is 10.1. The van der Waals surface area contributed by atoms with E-state index < -0.39 is 0 Å². The van der Waals surface area contributed by atoms with Gasteiger partial charge < -0.3 is 10.2 Å².